The van der Waals surface area contributed by atoms with Gasteiger partial charge in [-0.3, -0.25) is 33.6 Å². The number of hydrogen-bond acceptors (Lipinski definition) is 21. The number of ether oxygens (including phenoxy) is 2. The number of amides is 7. The topological polar surface area (TPSA) is 428 Å². The van der Waals surface area contributed by atoms with E-state index in [2.05, 4.69) is 33.5 Å². The number of nitrogens with two attached hydrogens (primary N) is 2. The molecule has 8 rings (SSSR count). The Balaban J connectivity index is 1.07. The Morgan fingerprint density at radius 1 is 0.773 bits per heavy atom. The summed E-state index contributed by atoms with van der Waals surface area (Å²) < 4.78 is 13.0. The van der Waals surface area contributed by atoms with Crippen molar-refractivity contribution >= 4 is 57.6 Å². The Bertz CT molecular complexity index is 3230. The molecule has 0 spiro atoms. The van der Waals surface area contributed by atoms with Crippen LogP contribution in [0.3, 0.4) is 0 Å². The molecule has 5 aromatic rings. The molecule has 476 valence electrons. The summed E-state index contributed by atoms with van der Waals surface area (Å²) in [6, 6.07) is 6.86. The van der Waals surface area contributed by atoms with E-state index < -0.39 is 152 Å². The Morgan fingerprint density at radius 3 is 2.15 bits per heavy atom. The lowest BCUT2D eigenvalue weighted by atomic mass is 9.98. The maximum Gasteiger partial charge on any atom is 0.251 e. The molecule has 0 saturated carbocycles. The Kier molecular flexibility index (Phi) is 22.4. The molecule has 3 saturated heterocycles. The van der Waals surface area contributed by atoms with Gasteiger partial charge in [-0.25, -0.2) is 9.50 Å². The number of nitrogens with zero attached hydrogens (tertiary/aromatic N) is 5. The van der Waals surface area contributed by atoms with E-state index in [1.54, 1.807) is 22.8 Å². The summed E-state index contributed by atoms with van der Waals surface area (Å²) in [6.45, 7) is 3.83. The number of nitrogens with one attached hydrogen (secondary N) is 5. The van der Waals surface area contributed by atoms with Gasteiger partial charge in [0.05, 0.1) is 55.1 Å². The molecule has 3 aromatic carbocycles. The van der Waals surface area contributed by atoms with Crippen molar-refractivity contribution < 1.29 is 78.8 Å². The van der Waals surface area contributed by atoms with E-state index in [1.165, 1.54) is 48.6 Å². The molecule has 3 aliphatic heterocycles. The maximum absolute atomic E-state index is 14.7. The van der Waals surface area contributed by atoms with Crippen molar-refractivity contribution in [3.05, 3.63) is 84.1 Å². The van der Waals surface area contributed by atoms with E-state index in [-0.39, 0.29) is 55.3 Å². The molecule has 0 bridgehead atoms. The average molecular weight is 1240 g/mol. The first kappa shape index (κ1) is 66.1. The first-order valence-electron chi connectivity index (χ1n) is 29.3. The van der Waals surface area contributed by atoms with Crippen molar-refractivity contribution in [3.63, 3.8) is 0 Å². The molecule has 3 aliphatic rings. The second kappa shape index (κ2) is 29.9. The summed E-state index contributed by atoms with van der Waals surface area (Å²) in [5.41, 5.74) is 13.7. The van der Waals surface area contributed by atoms with Crippen molar-refractivity contribution in [1.82, 2.24) is 51.0 Å². The van der Waals surface area contributed by atoms with Crippen molar-refractivity contribution in [2.24, 2.45) is 17.4 Å². The van der Waals surface area contributed by atoms with Crippen LogP contribution < -0.4 is 47.5 Å². The third-order valence-electron chi connectivity index (χ3n) is 15.7. The summed E-state index contributed by atoms with van der Waals surface area (Å²) >= 11 is 1.37. The number of phenols is 1. The fourth-order valence-electron chi connectivity index (χ4n) is 10.8. The van der Waals surface area contributed by atoms with Crippen LogP contribution in [0.5, 0.6) is 17.2 Å². The number of β-amino-alcohol motifs (C(OH)–C–C–N with tert-alkyl or cyclic N) is 1. The van der Waals surface area contributed by atoms with E-state index in [0.717, 1.165) is 52.3 Å². The Morgan fingerprint density at radius 2 is 1.47 bits per heavy atom. The SMILES string of the molecule is CCCCCOc1ccc(-c2nn3cc(-c4ccc(C(=O)N[C@H]5C[C@@H](O)CNC(=O)[C@@H]6[C@@H](O)[C@@H](C)CN6C(=O)[C@H]([C@H](O)CCN)NC(=O)[C@H]([C@H](O)Cc6ccc(O)c(OCCN)c6)NC(=O)[C@@H]6C[C@@H](O)CN6C(=O)[C@H]([C@@H](C)O)NC5=O)cc4)nc3s2)cc1. The van der Waals surface area contributed by atoms with E-state index in [9.17, 15) is 69.3 Å². The number of aliphatic hydroxyl groups is 6. The van der Waals surface area contributed by atoms with Crippen LogP contribution in [0.2, 0.25) is 0 Å². The normalized spacial score (nSPS) is 25.4. The van der Waals surface area contributed by atoms with Gasteiger partial charge < -0.3 is 93.1 Å². The number of benzene rings is 3. The van der Waals surface area contributed by atoms with Gasteiger partial charge in [-0.1, -0.05) is 56.2 Å². The van der Waals surface area contributed by atoms with Crippen molar-refractivity contribution in [3.8, 4) is 39.1 Å². The number of rotatable bonds is 19. The van der Waals surface area contributed by atoms with E-state index >= 15 is 0 Å². The quantitative estimate of drug-likeness (QED) is 0.0399. The number of fused-ring (bicyclic) bond motifs is 3. The third kappa shape index (κ3) is 15.9. The Hall–Kier alpha value is -7.87. The molecule has 0 aliphatic carbocycles. The second-order valence-corrected chi connectivity index (χ2v) is 23.4. The number of phenolic OH excluding ortho intramolecular Hbond substituents is 1. The molecule has 2 aromatic heterocycles. The van der Waals surface area contributed by atoms with Crippen LogP contribution in [0.15, 0.2) is 72.9 Å². The van der Waals surface area contributed by atoms with Crippen LogP contribution in [0.25, 0.3) is 26.8 Å². The van der Waals surface area contributed by atoms with Gasteiger partial charge in [-0.15, -0.1) is 0 Å². The van der Waals surface area contributed by atoms with Gasteiger partial charge in [0.2, 0.25) is 40.4 Å². The van der Waals surface area contributed by atoms with E-state index in [4.69, 9.17) is 31.0 Å². The fourth-order valence-corrected chi connectivity index (χ4v) is 11.7. The zero-order valence-electron chi connectivity index (χ0n) is 48.9. The first-order valence-corrected chi connectivity index (χ1v) is 30.1. The minimum absolute atomic E-state index is 0.00536. The van der Waals surface area contributed by atoms with Crippen LogP contribution >= 0.6 is 11.3 Å². The molecular formula is C59H78N12O16S. The number of carbonyl (C=O) groups is 7. The highest BCUT2D eigenvalue weighted by Crippen LogP contribution is 2.32. The van der Waals surface area contributed by atoms with Gasteiger partial charge >= 0.3 is 0 Å². The van der Waals surface area contributed by atoms with Gasteiger partial charge in [0.1, 0.15) is 53.6 Å². The van der Waals surface area contributed by atoms with Crippen LogP contribution in [0, 0.1) is 5.92 Å². The molecule has 3 fully saturated rings. The monoisotopic (exact) mass is 1240 g/mol. The smallest absolute Gasteiger partial charge is 0.251 e. The van der Waals surface area contributed by atoms with Gasteiger partial charge in [0, 0.05) is 68.0 Å². The molecule has 7 amide bonds. The Labute approximate surface area is 510 Å². The van der Waals surface area contributed by atoms with Crippen LogP contribution in [0.4, 0.5) is 0 Å². The molecule has 29 heteroatoms. The minimum atomic E-state index is -2.04. The maximum atomic E-state index is 14.7. The van der Waals surface area contributed by atoms with Gasteiger partial charge in [0.25, 0.3) is 5.91 Å². The summed E-state index contributed by atoms with van der Waals surface area (Å²) in [7, 11) is 0. The number of imidazole rings is 1. The van der Waals surface area contributed by atoms with Gasteiger partial charge in [-0.05, 0) is 80.4 Å². The zero-order chi connectivity index (χ0) is 63.5. The number of unbranched alkanes of at least 4 members (excludes halogenated alkanes) is 2. The van der Waals surface area contributed by atoms with E-state index in [1.807, 2.05) is 24.3 Å². The van der Waals surface area contributed by atoms with Crippen molar-refractivity contribution in [2.45, 2.75) is 139 Å². The number of aromatic nitrogens is 3. The standard InChI is InChI=1S/C59H78N12O16S/c1-4-5-6-20-86-38-14-12-35(13-15-38)56-68-71-29-40(64-59(71)88-56)33-8-10-34(11-9-33)51(79)63-39-24-36(73)26-62-55(83)49-50(78)30(2)27-70(49)58(85)48(43(76)17-18-60)67-54(82)47(44(77)22-32-7-16-42(75)45(23-32)87-21-19-61)66-53(81)41-25-37(74)28-69(41)57(84)46(31(3)72)65-52(39)80/h7-16,23,29-31,36-37,39,41,43-44,46-50,72-78H,4-6,17-22,24-28,60-61H2,1-3H3,(H,62,83)(H,63,79)(H,65,80)(H,66,81)(H,67,82)/t30-,31+,36+,37+,39-,41-,43+,44+,46-,47-,48-,49-,50-/m0/s1. The molecular weight excluding hydrogens is 1160 g/mol. The summed E-state index contributed by atoms with van der Waals surface area (Å²) in [5, 5.41) is 96.7. The minimum Gasteiger partial charge on any atom is -0.504 e. The lowest BCUT2D eigenvalue weighted by Crippen LogP contribution is -2.64. The highest BCUT2D eigenvalue weighted by Gasteiger charge is 2.50. The average Bonchev–Trinajstić information content (AvgIpc) is 3.88. The molecule has 0 unspecified atom stereocenters. The highest BCUT2D eigenvalue weighted by molar-refractivity contribution is 7.19. The van der Waals surface area contributed by atoms with Crippen LogP contribution in [-0.4, -0.2) is 220 Å². The number of hydrogen-bond donors (Lipinski definition) is 14. The summed E-state index contributed by atoms with van der Waals surface area (Å²) in [5.74, 6) is -7.89. The molecule has 88 heavy (non-hydrogen) atoms. The molecule has 13 atom stereocenters. The van der Waals surface area contributed by atoms with Gasteiger partial charge in [0.15, 0.2) is 11.5 Å². The zero-order valence-corrected chi connectivity index (χ0v) is 49.8. The molecule has 0 radical (unpaired) electrons. The molecule has 28 nitrogen and oxygen atoms in total. The lowest BCUT2D eigenvalue weighted by Gasteiger charge is -2.34. The van der Waals surface area contributed by atoms with Crippen LogP contribution in [0.1, 0.15) is 75.2 Å². The first-order chi connectivity index (χ1) is 42.1. The predicted octanol–water partition coefficient (Wildman–Crippen LogP) is -1.97. The van der Waals surface area contributed by atoms with Crippen LogP contribution in [-0.2, 0) is 35.2 Å². The highest BCUT2D eigenvalue weighted by atomic mass is 32.1. The van der Waals surface area contributed by atoms with Gasteiger partial charge in [-0.2, -0.15) is 5.10 Å². The van der Waals surface area contributed by atoms with Crippen molar-refractivity contribution in [2.75, 3.05) is 45.9 Å². The number of aliphatic hydroxyl groups excluding tert-OH is 6. The molecule has 5 heterocycles. The summed E-state index contributed by atoms with van der Waals surface area (Å²) in [4.78, 5) is 108. The number of aromatic hydroxyl groups is 1. The largest absolute Gasteiger partial charge is 0.504 e. The third-order valence-corrected chi connectivity index (χ3v) is 16.6. The summed E-state index contributed by atoms with van der Waals surface area (Å²) in [6.07, 6.45) is -6.97. The predicted molar refractivity (Wildman–Crippen MR) is 318 cm³/mol. The molecule has 16 N–H and O–H groups in total. The number of carbonyl (C=O) groups excluding carboxylic acids is 7. The van der Waals surface area contributed by atoms with E-state index in [0.29, 0.717) is 22.8 Å². The second-order valence-electron chi connectivity index (χ2n) is 22.4. The fraction of sp³-hybridized carbons (Fsp3) is 0.508. The van der Waals surface area contributed by atoms with Crippen molar-refractivity contribution in [1.29, 1.82) is 0 Å². The lowest BCUT2D eigenvalue weighted by molar-refractivity contribution is -0.147.